The van der Waals surface area contributed by atoms with Crippen LogP contribution in [0.5, 0.6) is 0 Å². The van der Waals surface area contributed by atoms with Gasteiger partial charge in [-0.15, -0.1) is 0 Å². The third-order valence-corrected chi connectivity index (χ3v) is 4.28. The van der Waals surface area contributed by atoms with Crippen molar-refractivity contribution in [3.8, 4) is 0 Å². The Morgan fingerprint density at radius 2 is 2.40 bits per heavy atom. The van der Waals surface area contributed by atoms with Crippen molar-refractivity contribution >= 4 is 5.78 Å². The van der Waals surface area contributed by atoms with Crippen LogP contribution >= 0.6 is 0 Å². The summed E-state index contributed by atoms with van der Waals surface area (Å²) in [6.07, 6.45) is 9.21. The molecule has 1 aromatic rings. The summed E-state index contributed by atoms with van der Waals surface area (Å²) in [6, 6.07) is 0. The second-order valence-corrected chi connectivity index (χ2v) is 6.07. The first-order valence-corrected chi connectivity index (χ1v) is 7.70. The molecule has 0 amide bonds. The van der Waals surface area contributed by atoms with Gasteiger partial charge in [0, 0.05) is 26.3 Å². The molecular formula is C16H26N2O2. The Bertz CT molecular complexity index is 451. The summed E-state index contributed by atoms with van der Waals surface area (Å²) in [4.78, 5) is 12.7. The number of carbonyl (C=O) groups excluding carboxylic acids is 1. The first-order chi connectivity index (χ1) is 9.55. The predicted molar refractivity (Wildman–Crippen MR) is 78.5 cm³/mol. The molecule has 1 aromatic heterocycles. The van der Waals surface area contributed by atoms with Gasteiger partial charge in [0.05, 0.1) is 6.20 Å². The van der Waals surface area contributed by atoms with Gasteiger partial charge in [0.1, 0.15) is 5.60 Å². The molecule has 2 unspecified atom stereocenters. The minimum Gasteiger partial charge on any atom is -0.367 e. The predicted octanol–water partition coefficient (Wildman–Crippen LogP) is 2.91. The highest BCUT2D eigenvalue weighted by Crippen LogP contribution is 2.36. The highest BCUT2D eigenvalue weighted by molar-refractivity contribution is 5.87. The van der Waals surface area contributed by atoms with Crippen LogP contribution in [0.2, 0.25) is 0 Å². The summed E-state index contributed by atoms with van der Waals surface area (Å²) < 4.78 is 7.70. The minimum atomic E-state index is -0.519. The van der Waals surface area contributed by atoms with Crippen molar-refractivity contribution in [1.29, 1.82) is 0 Å². The molecule has 2 atom stereocenters. The second kappa shape index (κ2) is 6.53. The Morgan fingerprint density at radius 3 is 3.00 bits per heavy atom. The number of aryl methyl sites for hydroxylation is 2. The Morgan fingerprint density at radius 1 is 1.60 bits per heavy atom. The molecule has 1 aliphatic carbocycles. The van der Waals surface area contributed by atoms with Gasteiger partial charge in [0.2, 0.25) is 0 Å². The van der Waals surface area contributed by atoms with Crippen LogP contribution in [0.3, 0.4) is 0 Å². The van der Waals surface area contributed by atoms with Gasteiger partial charge in [-0.1, -0.05) is 13.3 Å². The lowest BCUT2D eigenvalue weighted by molar-refractivity contribution is -0.151. The smallest absolute Gasteiger partial charge is 0.164 e. The molecule has 0 spiro atoms. The van der Waals surface area contributed by atoms with Crippen LogP contribution in [0.1, 0.15) is 51.5 Å². The Balaban J connectivity index is 1.99. The number of aromatic nitrogens is 2. The molecule has 0 aromatic carbocycles. The zero-order valence-corrected chi connectivity index (χ0v) is 12.9. The van der Waals surface area contributed by atoms with Gasteiger partial charge in [0.25, 0.3) is 0 Å². The number of ether oxygens (including phenoxy) is 1. The molecule has 4 nitrogen and oxygen atoms in total. The molecular weight excluding hydrogens is 252 g/mol. The van der Waals surface area contributed by atoms with Crippen LogP contribution in [-0.4, -0.2) is 27.8 Å². The van der Waals surface area contributed by atoms with Crippen LogP contribution in [0.25, 0.3) is 0 Å². The summed E-state index contributed by atoms with van der Waals surface area (Å²) in [5.41, 5.74) is 0.602. The summed E-state index contributed by atoms with van der Waals surface area (Å²) in [6.45, 7) is 4.82. The van der Waals surface area contributed by atoms with Crippen molar-refractivity contribution in [3.05, 3.63) is 18.0 Å². The normalized spacial score (nSPS) is 26.6. The number of Topliss-reactive ketones (excluding diaryl/α,β-unsaturated/α-hetero) is 1. The van der Waals surface area contributed by atoms with Crippen LogP contribution in [0, 0.1) is 5.92 Å². The fourth-order valence-corrected chi connectivity index (χ4v) is 3.33. The summed E-state index contributed by atoms with van der Waals surface area (Å²) in [5, 5.41) is 4.15. The van der Waals surface area contributed by atoms with Gasteiger partial charge >= 0.3 is 0 Å². The van der Waals surface area contributed by atoms with Gasteiger partial charge in [-0.3, -0.25) is 9.48 Å². The second-order valence-electron chi connectivity index (χ2n) is 6.07. The largest absolute Gasteiger partial charge is 0.367 e. The Labute approximate surface area is 121 Å². The number of nitrogens with zero attached hydrogens (tertiary/aromatic N) is 2. The molecule has 1 saturated carbocycles. The van der Waals surface area contributed by atoms with E-state index in [0.29, 0.717) is 18.9 Å². The van der Waals surface area contributed by atoms with Crippen molar-refractivity contribution in [2.24, 2.45) is 13.0 Å². The molecule has 20 heavy (non-hydrogen) atoms. The van der Waals surface area contributed by atoms with Gasteiger partial charge in [-0.25, -0.2) is 0 Å². The van der Waals surface area contributed by atoms with E-state index in [4.69, 9.17) is 4.74 Å². The highest BCUT2D eigenvalue weighted by atomic mass is 16.5. The molecule has 2 rings (SSSR count). The van der Waals surface area contributed by atoms with Crippen LogP contribution in [0.15, 0.2) is 12.4 Å². The maximum Gasteiger partial charge on any atom is 0.164 e. The van der Waals surface area contributed by atoms with E-state index >= 15 is 0 Å². The molecule has 112 valence electrons. The van der Waals surface area contributed by atoms with Crippen molar-refractivity contribution in [2.75, 3.05) is 6.61 Å². The molecule has 0 saturated heterocycles. The number of ketones is 1. The van der Waals surface area contributed by atoms with E-state index in [1.807, 2.05) is 26.4 Å². The molecule has 1 heterocycles. The first kappa shape index (κ1) is 15.2. The number of carbonyl (C=O) groups is 1. The van der Waals surface area contributed by atoms with Gasteiger partial charge < -0.3 is 4.74 Å². The van der Waals surface area contributed by atoms with Gasteiger partial charge in [0.15, 0.2) is 5.78 Å². The fraction of sp³-hybridized carbons (Fsp3) is 0.750. The lowest BCUT2D eigenvalue weighted by Crippen LogP contribution is -2.45. The Kier molecular flexibility index (Phi) is 4.97. The zero-order valence-electron chi connectivity index (χ0n) is 12.9. The highest BCUT2D eigenvalue weighted by Gasteiger charge is 2.41. The van der Waals surface area contributed by atoms with Gasteiger partial charge in [-0.05, 0) is 44.1 Å². The number of rotatable bonds is 6. The van der Waals surface area contributed by atoms with E-state index in [1.54, 1.807) is 4.68 Å². The van der Waals surface area contributed by atoms with E-state index in [9.17, 15) is 4.79 Å². The van der Waals surface area contributed by atoms with Crippen LogP contribution < -0.4 is 0 Å². The van der Waals surface area contributed by atoms with Crippen LogP contribution in [-0.2, 0) is 23.0 Å². The van der Waals surface area contributed by atoms with E-state index in [1.165, 1.54) is 6.42 Å². The average molecular weight is 278 g/mol. The summed E-state index contributed by atoms with van der Waals surface area (Å²) in [5.74, 6) is 0.854. The first-order valence-electron chi connectivity index (χ1n) is 7.70. The maximum atomic E-state index is 12.7. The van der Waals surface area contributed by atoms with Gasteiger partial charge in [-0.2, -0.15) is 5.10 Å². The molecule has 1 fully saturated rings. The number of hydrogen-bond donors (Lipinski definition) is 0. The van der Waals surface area contributed by atoms with Crippen LogP contribution in [0.4, 0.5) is 0 Å². The molecule has 0 N–H and O–H groups in total. The van der Waals surface area contributed by atoms with E-state index in [2.05, 4.69) is 12.0 Å². The van der Waals surface area contributed by atoms with Crippen molar-refractivity contribution < 1.29 is 9.53 Å². The quantitative estimate of drug-likeness (QED) is 0.803. The van der Waals surface area contributed by atoms with Crippen molar-refractivity contribution in [2.45, 2.75) is 58.0 Å². The summed E-state index contributed by atoms with van der Waals surface area (Å²) in [7, 11) is 1.90. The maximum absolute atomic E-state index is 12.7. The topological polar surface area (TPSA) is 44.1 Å². The van der Waals surface area contributed by atoms with Crippen molar-refractivity contribution in [1.82, 2.24) is 9.78 Å². The molecule has 0 radical (unpaired) electrons. The minimum absolute atomic E-state index is 0.273. The van der Waals surface area contributed by atoms with Crippen molar-refractivity contribution in [3.63, 3.8) is 0 Å². The third kappa shape index (κ3) is 3.48. The molecule has 0 aliphatic heterocycles. The Hall–Kier alpha value is -1.16. The SMILES string of the molecule is CCOC1(C(=O)CCc2cnn(C)c2)CCCC(C)C1. The third-order valence-electron chi connectivity index (χ3n) is 4.28. The molecule has 0 bridgehead atoms. The van der Waals surface area contributed by atoms with E-state index in [-0.39, 0.29) is 5.78 Å². The lowest BCUT2D eigenvalue weighted by Gasteiger charge is -2.38. The van der Waals surface area contributed by atoms with E-state index < -0.39 is 5.60 Å². The fourth-order valence-electron chi connectivity index (χ4n) is 3.33. The monoisotopic (exact) mass is 278 g/mol. The van der Waals surface area contributed by atoms with E-state index in [0.717, 1.165) is 31.2 Å². The standard InChI is InChI=1S/C16H26N2O2/c1-4-20-16(9-5-6-13(2)10-16)15(19)8-7-14-11-17-18(3)12-14/h11-13H,4-10H2,1-3H3. The average Bonchev–Trinajstić information content (AvgIpc) is 2.82. The molecule has 4 heteroatoms. The zero-order chi connectivity index (χ0) is 14.6. The summed E-state index contributed by atoms with van der Waals surface area (Å²) >= 11 is 0. The lowest BCUT2D eigenvalue weighted by atomic mass is 9.75. The molecule has 1 aliphatic rings. The number of hydrogen-bond acceptors (Lipinski definition) is 3.